The molecular weight excluding hydrogens is 264 g/mol. The van der Waals surface area contributed by atoms with Gasteiger partial charge in [0.25, 0.3) is 11.5 Å². The van der Waals surface area contributed by atoms with Crippen molar-refractivity contribution in [1.29, 1.82) is 0 Å². The van der Waals surface area contributed by atoms with Crippen LogP contribution >= 0.6 is 12.2 Å². The number of nitrogens with one attached hydrogen (secondary N) is 1. The van der Waals surface area contributed by atoms with Crippen LogP contribution in [-0.4, -0.2) is 39.1 Å². The fourth-order valence-electron chi connectivity index (χ4n) is 1.59. The number of nitrogens with zero attached hydrogens (tertiary/aromatic N) is 2. The number of rotatable bonds is 6. The number of aromatic amines is 1. The number of hydrogen-bond donors (Lipinski definition) is 2. The first kappa shape index (κ1) is 15.3. The molecule has 1 amide bonds. The van der Waals surface area contributed by atoms with Crippen LogP contribution in [0.2, 0.25) is 0 Å². The summed E-state index contributed by atoms with van der Waals surface area (Å²) in [7, 11) is 0. The first-order chi connectivity index (χ1) is 8.90. The molecule has 0 atom stereocenters. The molecule has 1 aromatic rings. The van der Waals surface area contributed by atoms with E-state index >= 15 is 0 Å². The van der Waals surface area contributed by atoms with E-state index in [-0.39, 0.29) is 17.2 Å². The van der Waals surface area contributed by atoms with Gasteiger partial charge in [0, 0.05) is 25.6 Å². The highest BCUT2D eigenvalue weighted by Crippen LogP contribution is 2.05. The summed E-state index contributed by atoms with van der Waals surface area (Å²) < 4.78 is 0. The van der Waals surface area contributed by atoms with Gasteiger partial charge in [-0.25, -0.2) is 5.10 Å². The number of hydrogen-bond acceptors (Lipinski definition) is 4. The number of carbonyl (C=O) groups excluding carboxylic acids is 1. The standard InChI is InChI=1S/C12H18N4O2S/c1-8(2)7-16(6-5-10(13)19)12(18)9-3-4-11(17)15-14-9/h3-4,8H,5-7H2,1-2H3,(H2,13,19)(H,15,17). The molecule has 0 fully saturated rings. The van der Waals surface area contributed by atoms with Gasteiger partial charge in [-0.15, -0.1) is 0 Å². The van der Waals surface area contributed by atoms with Gasteiger partial charge in [0.05, 0.1) is 4.99 Å². The SMILES string of the molecule is CC(C)CN(CCC(N)=S)C(=O)c1ccc(=O)[nH]n1. The van der Waals surface area contributed by atoms with E-state index in [4.69, 9.17) is 18.0 Å². The Kier molecular flexibility index (Phi) is 5.62. The fourth-order valence-corrected chi connectivity index (χ4v) is 1.68. The molecule has 0 aromatic carbocycles. The van der Waals surface area contributed by atoms with Gasteiger partial charge in [-0.3, -0.25) is 9.59 Å². The zero-order valence-corrected chi connectivity index (χ0v) is 11.9. The molecule has 0 aliphatic heterocycles. The summed E-state index contributed by atoms with van der Waals surface area (Å²) in [5, 5.41) is 5.99. The van der Waals surface area contributed by atoms with E-state index in [1.165, 1.54) is 12.1 Å². The average molecular weight is 282 g/mol. The van der Waals surface area contributed by atoms with Crippen LogP contribution in [0.4, 0.5) is 0 Å². The lowest BCUT2D eigenvalue weighted by Gasteiger charge is -2.23. The van der Waals surface area contributed by atoms with E-state index in [0.29, 0.717) is 30.4 Å². The third-order valence-corrected chi connectivity index (χ3v) is 2.60. The van der Waals surface area contributed by atoms with E-state index in [9.17, 15) is 9.59 Å². The van der Waals surface area contributed by atoms with Crippen molar-refractivity contribution in [1.82, 2.24) is 15.1 Å². The second-order valence-corrected chi connectivity index (χ2v) is 5.19. The van der Waals surface area contributed by atoms with Crippen molar-refractivity contribution in [3.05, 3.63) is 28.2 Å². The van der Waals surface area contributed by atoms with Crippen molar-refractivity contribution in [2.45, 2.75) is 20.3 Å². The highest BCUT2D eigenvalue weighted by molar-refractivity contribution is 7.80. The summed E-state index contributed by atoms with van der Waals surface area (Å²) in [5.74, 6) is 0.0826. The third-order valence-electron chi connectivity index (χ3n) is 2.40. The summed E-state index contributed by atoms with van der Waals surface area (Å²) in [4.78, 5) is 25.2. The van der Waals surface area contributed by atoms with E-state index in [1.807, 2.05) is 13.8 Å². The first-order valence-corrected chi connectivity index (χ1v) is 6.44. The predicted molar refractivity (Wildman–Crippen MR) is 77.0 cm³/mol. The Morgan fingerprint density at radius 2 is 2.21 bits per heavy atom. The van der Waals surface area contributed by atoms with Crippen molar-refractivity contribution in [2.24, 2.45) is 11.7 Å². The Labute approximate surface area is 117 Å². The van der Waals surface area contributed by atoms with E-state index < -0.39 is 0 Å². The molecule has 1 heterocycles. The lowest BCUT2D eigenvalue weighted by Crippen LogP contribution is -2.37. The zero-order chi connectivity index (χ0) is 14.4. The van der Waals surface area contributed by atoms with Crippen LogP contribution in [0.25, 0.3) is 0 Å². The maximum Gasteiger partial charge on any atom is 0.274 e. The largest absolute Gasteiger partial charge is 0.393 e. The Morgan fingerprint density at radius 3 is 2.68 bits per heavy atom. The molecule has 0 bridgehead atoms. The van der Waals surface area contributed by atoms with E-state index in [1.54, 1.807) is 4.90 Å². The number of aromatic nitrogens is 2. The quantitative estimate of drug-likeness (QED) is 0.743. The topological polar surface area (TPSA) is 92.1 Å². The average Bonchev–Trinajstić information content (AvgIpc) is 2.34. The third kappa shape index (κ3) is 5.17. The predicted octanol–water partition coefficient (Wildman–Crippen LogP) is 0.544. The molecule has 0 radical (unpaired) electrons. The van der Waals surface area contributed by atoms with Crippen molar-refractivity contribution in [2.75, 3.05) is 13.1 Å². The van der Waals surface area contributed by atoms with Gasteiger partial charge in [0.1, 0.15) is 5.69 Å². The minimum absolute atomic E-state index is 0.211. The minimum Gasteiger partial charge on any atom is -0.393 e. The molecule has 1 rings (SSSR count). The highest BCUT2D eigenvalue weighted by atomic mass is 32.1. The maximum atomic E-state index is 12.3. The molecule has 19 heavy (non-hydrogen) atoms. The van der Waals surface area contributed by atoms with Gasteiger partial charge >= 0.3 is 0 Å². The van der Waals surface area contributed by atoms with E-state index in [0.717, 1.165) is 0 Å². The van der Waals surface area contributed by atoms with Crippen molar-refractivity contribution in [3.8, 4) is 0 Å². The summed E-state index contributed by atoms with van der Waals surface area (Å²) in [6.45, 7) is 5.07. The molecule has 1 aromatic heterocycles. The van der Waals surface area contributed by atoms with Crippen LogP contribution in [0.15, 0.2) is 16.9 Å². The lowest BCUT2D eigenvalue weighted by atomic mass is 10.2. The molecule has 0 saturated heterocycles. The summed E-state index contributed by atoms with van der Waals surface area (Å²) >= 11 is 4.82. The number of amides is 1. The van der Waals surface area contributed by atoms with Crippen LogP contribution in [-0.2, 0) is 0 Å². The second-order valence-electron chi connectivity index (χ2n) is 4.67. The Balaban J connectivity index is 2.83. The smallest absolute Gasteiger partial charge is 0.274 e. The molecule has 0 aliphatic carbocycles. The van der Waals surface area contributed by atoms with E-state index in [2.05, 4.69) is 10.2 Å². The van der Waals surface area contributed by atoms with Gasteiger partial charge in [-0.05, 0) is 12.0 Å². The normalized spacial score (nSPS) is 10.5. The molecule has 3 N–H and O–H groups in total. The van der Waals surface area contributed by atoms with Crippen LogP contribution in [0.1, 0.15) is 30.8 Å². The minimum atomic E-state index is -0.338. The van der Waals surface area contributed by atoms with Crippen molar-refractivity contribution >= 4 is 23.1 Å². The highest BCUT2D eigenvalue weighted by Gasteiger charge is 2.18. The number of nitrogens with two attached hydrogens (primary N) is 1. The molecular formula is C12H18N4O2S. The van der Waals surface area contributed by atoms with Gasteiger partial charge in [-0.1, -0.05) is 26.1 Å². The van der Waals surface area contributed by atoms with Crippen LogP contribution < -0.4 is 11.3 Å². The first-order valence-electron chi connectivity index (χ1n) is 6.03. The zero-order valence-electron chi connectivity index (χ0n) is 11.0. The Hall–Kier alpha value is -1.76. The number of carbonyl (C=O) groups is 1. The van der Waals surface area contributed by atoms with Gasteiger partial charge < -0.3 is 10.6 Å². The number of H-pyrrole nitrogens is 1. The second kappa shape index (κ2) is 6.98. The van der Waals surface area contributed by atoms with Gasteiger partial charge in [0.2, 0.25) is 0 Å². The van der Waals surface area contributed by atoms with Crippen molar-refractivity contribution < 1.29 is 4.79 Å². The molecule has 104 valence electrons. The number of thiocarbonyl (C=S) groups is 1. The van der Waals surface area contributed by atoms with Crippen LogP contribution in [0, 0.1) is 5.92 Å². The summed E-state index contributed by atoms with van der Waals surface area (Å²) in [6, 6.07) is 2.69. The molecule has 0 saturated carbocycles. The molecule has 0 aliphatic rings. The Bertz CT molecular complexity index is 492. The maximum absolute atomic E-state index is 12.3. The fraction of sp³-hybridized carbons (Fsp3) is 0.500. The van der Waals surface area contributed by atoms with Crippen LogP contribution in [0.3, 0.4) is 0 Å². The van der Waals surface area contributed by atoms with Gasteiger partial charge in [-0.2, -0.15) is 5.10 Å². The molecule has 7 heteroatoms. The summed E-state index contributed by atoms with van der Waals surface area (Å²) in [6.07, 6.45) is 0.469. The van der Waals surface area contributed by atoms with Crippen molar-refractivity contribution in [3.63, 3.8) is 0 Å². The van der Waals surface area contributed by atoms with Crippen LogP contribution in [0.5, 0.6) is 0 Å². The summed E-state index contributed by atoms with van der Waals surface area (Å²) in [5.41, 5.74) is 5.33. The molecule has 6 nitrogen and oxygen atoms in total. The lowest BCUT2D eigenvalue weighted by molar-refractivity contribution is 0.0734. The molecule has 0 spiro atoms. The molecule has 0 unspecified atom stereocenters. The monoisotopic (exact) mass is 282 g/mol. The Morgan fingerprint density at radius 1 is 1.53 bits per heavy atom. The van der Waals surface area contributed by atoms with Gasteiger partial charge in [0.15, 0.2) is 0 Å².